The minimum Gasteiger partial charge on any atom is -0.309 e. The zero-order valence-electron chi connectivity index (χ0n) is 32.9. The summed E-state index contributed by atoms with van der Waals surface area (Å²) < 4.78 is 5.32. The summed E-state index contributed by atoms with van der Waals surface area (Å²) in [5.74, 6) is 0. The lowest BCUT2D eigenvalue weighted by atomic mass is 9.98. The zero-order valence-corrected chi connectivity index (χ0v) is 34.5. The van der Waals surface area contributed by atoms with E-state index in [2.05, 4.69) is 207 Å². The van der Waals surface area contributed by atoms with Gasteiger partial charge in [-0.25, -0.2) is 0 Å². The van der Waals surface area contributed by atoms with Crippen LogP contribution in [0.15, 0.2) is 170 Å². The molecule has 2 nitrogen and oxygen atoms in total. The van der Waals surface area contributed by atoms with Crippen LogP contribution in [0, 0.1) is 27.7 Å². The molecule has 0 N–H and O–H groups in total. The van der Waals surface area contributed by atoms with Crippen LogP contribution in [0.25, 0.3) is 61.9 Å². The fourth-order valence-corrected chi connectivity index (χ4v) is 11.8. The number of hydrogen-bond acceptors (Lipinski definition) is 4. The van der Waals surface area contributed by atoms with E-state index >= 15 is 0 Å². The lowest BCUT2D eigenvalue weighted by molar-refractivity contribution is 1.24. The second kappa shape index (κ2) is 13.6. The van der Waals surface area contributed by atoms with Gasteiger partial charge >= 0.3 is 0 Å². The second-order valence-electron chi connectivity index (χ2n) is 15.5. The Hall–Kier alpha value is -6.46. The van der Waals surface area contributed by atoms with Crippen LogP contribution in [0.1, 0.15) is 22.3 Å². The summed E-state index contributed by atoms with van der Waals surface area (Å²) in [5, 5.41) is 10.4. The first kappa shape index (κ1) is 34.8. The van der Waals surface area contributed by atoms with Gasteiger partial charge in [0.1, 0.15) is 0 Å². The van der Waals surface area contributed by atoms with Gasteiger partial charge in [-0.15, -0.1) is 22.7 Å². The van der Waals surface area contributed by atoms with Crippen molar-refractivity contribution in [2.24, 2.45) is 0 Å². The Morgan fingerprint density at radius 2 is 0.586 bits per heavy atom. The summed E-state index contributed by atoms with van der Waals surface area (Å²) in [7, 11) is 0. The van der Waals surface area contributed by atoms with Crippen LogP contribution < -0.4 is 9.80 Å². The largest absolute Gasteiger partial charge is 0.309 e. The number of para-hydroxylation sites is 4. The van der Waals surface area contributed by atoms with E-state index < -0.39 is 0 Å². The van der Waals surface area contributed by atoms with Gasteiger partial charge in [0.25, 0.3) is 0 Å². The van der Waals surface area contributed by atoms with Crippen LogP contribution >= 0.6 is 22.7 Å². The summed E-state index contributed by atoms with van der Waals surface area (Å²) in [4.78, 5) is 4.96. The summed E-state index contributed by atoms with van der Waals surface area (Å²) in [5.41, 5.74) is 12.2. The quantitative estimate of drug-likeness (QED) is 0.166. The van der Waals surface area contributed by atoms with Crippen molar-refractivity contribution < 1.29 is 0 Å². The average molecular weight is 781 g/mol. The molecule has 0 bridgehead atoms. The normalized spacial score (nSPS) is 11.8. The number of anilines is 6. The SMILES string of the molecule is Cc1ccccc1N(c1ccccc1C)c1cc2sc3c(ccc4c3sc3cc(N(c5ccccc5C)c5ccccc5C)c5ccccc5c34)c2c2ccccc12. The van der Waals surface area contributed by atoms with Crippen molar-refractivity contribution in [3.05, 3.63) is 192 Å². The first-order chi connectivity index (χ1) is 28.5. The van der Waals surface area contributed by atoms with Gasteiger partial charge in [0.05, 0.1) is 20.8 Å². The maximum Gasteiger partial charge on any atom is 0.0554 e. The fraction of sp³-hybridized carbons (Fsp3) is 0.0741. The molecular weight excluding hydrogens is 741 g/mol. The number of fused-ring (bicyclic) bond motifs is 11. The van der Waals surface area contributed by atoms with Crippen molar-refractivity contribution in [3.63, 3.8) is 0 Å². The van der Waals surface area contributed by atoms with E-state index in [1.54, 1.807) is 0 Å². The van der Waals surface area contributed by atoms with Gasteiger partial charge in [0.2, 0.25) is 0 Å². The van der Waals surface area contributed by atoms with Gasteiger partial charge in [-0.2, -0.15) is 0 Å². The number of rotatable bonds is 6. The van der Waals surface area contributed by atoms with Gasteiger partial charge in [-0.3, -0.25) is 0 Å². The molecule has 2 aromatic heterocycles. The van der Waals surface area contributed by atoms with Gasteiger partial charge in [0.15, 0.2) is 0 Å². The van der Waals surface area contributed by atoms with Crippen LogP contribution in [0.3, 0.4) is 0 Å². The first-order valence-electron chi connectivity index (χ1n) is 19.9. The third-order valence-corrected chi connectivity index (χ3v) is 14.4. The molecule has 0 amide bonds. The highest BCUT2D eigenvalue weighted by molar-refractivity contribution is 7.33. The Morgan fingerprint density at radius 1 is 0.293 bits per heavy atom. The highest BCUT2D eigenvalue weighted by Gasteiger charge is 2.25. The van der Waals surface area contributed by atoms with Crippen molar-refractivity contribution >= 4 is 119 Å². The molecule has 0 saturated carbocycles. The molecule has 278 valence electrons. The molecule has 0 spiro atoms. The van der Waals surface area contributed by atoms with E-state index in [0.717, 1.165) is 0 Å². The van der Waals surface area contributed by atoms with E-state index in [-0.39, 0.29) is 0 Å². The number of nitrogens with zero attached hydrogens (tertiary/aromatic N) is 2. The topological polar surface area (TPSA) is 6.48 Å². The van der Waals surface area contributed by atoms with Gasteiger partial charge in [0, 0.05) is 64.5 Å². The highest BCUT2D eigenvalue weighted by Crippen LogP contribution is 2.52. The van der Waals surface area contributed by atoms with Crippen LogP contribution in [0.4, 0.5) is 34.1 Å². The molecule has 0 saturated heterocycles. The third kappa shape index (κ3) is 5.29. The van der Waals surface area contributed by atoms with Crippen molar-refractivity contribution in [3.8, 4) is 0 Å². The van der Waals surface area contributed by atoms with Gasteiger partial charge in [-0.05, 0) is 97.1 Å². The van der Waals surface area contributed by atoms with Gasteiger partial charge < -0.3 is 9.80 Å². The lowest BCUT2D eigenvalue weighted by Crippen LogP contribution is -2.13. The molecule has 0 fully saturated rings. The molecule has 0 radical (unpaired) electrons. The van der Waals surface area contributed by atoms with Crippen LogP contribution in [0.5, 0.6) is 0 Å². The minimum absolute atomic E-state index is 1.20. The predicted octanol–water partition coefficient (Wildman–Crippen LogP) is 16.9. The van der Waals surface area contributed by atoms with Crippen LogP contribution in [-0.2, 0) is 0 Å². The Kier molecular flexibility index (Phi) is 8.14. The number of hydrogen-bond donors (Lipinski definition) is 0. The molecule has 0 aliphatic carbocycles. The maximum absolute atomic E-state index is 2.48. The van der Waals surface area contributed by atoms with E-state index in [1.165, 1.54) is 118 Å². The Morgan fingerprint density at radius 3 is 0.914 bits per heavy atom. The maximum atomic E-state index is 2.48. The van der Waals surface area contributed by atoms with E-state index in [1.807, 2.05) is 22.7 Å². The summed E-state index contributed by atoms with van der Waals surface area (Å²) >= 11 is 3.88. The fourth-order valence-electron chi connectivity index (χ4n) is 9.16. The van der Waals surface area contributed by atoms with Crippen molar-refractivity contribution in [2.75, 3.05) is 9.80 Å². The average Bonchev–Trinajstić information content (AvgIpc) is 3.82. The monoisotopic (exact) mass is 780 g/mol. The molecule has 4 heteroatoms. The van der Waals surface area contributed by atoms with Crippen LogP contribution in [-0.4, -0.2) is 0 Å². The predicted molar refractivity (Wildman–Crippen MR) is 256 cm³/mol. The minimum atomic E-state index is 1.20. The summed E-state index contributed by atoms with van der Waals surface area (Å²) in [6, 6.07) is 62.7. The summed E-state index contributed by atoms with van der Waals surface area (Å²) in [6.07, 6.45) is 0. The molecule has 58 heavy (non-hydrogen) atoms. The number of aryl methyl sites for hydroxylation is 4. The van der Waals surface area contributed by atoms with Crippen LogP contribution in [0.2, 0.25) is 0 Å². The molecule has 0 aliphatic rings. The smallest absolute Gasteiger partial charge is 0.0554 e. The molecule has 9 aromatic carbocycles. The number of thiophene rings is 2. The van der Waals surface area contributed by atoms with E-state index in [9.17, 15) is 0 Å². The second-order valence-corrected chi connectivity index (χ2v) is 17.6. The molecular formula is C54H40N2S2. The molecule has 11 aromatic rings. The molecule has 0 atom stereocenters. The standard InChI is InChI=1S/C54H40N2S2/c1-33-17-5-13-25-43(33)55(44-26-14-6-18-34(44)2)47-31-49-51(39-23-11-9-21-37(39)47)41-29-30-42-52-40-24-12-10-22-38(40)48(32-50(52)58-54(42)53(41)57-49)56(45-27-15-7-19-35(45)3)46-28-16-8-20-36(46)4/h5-32H,1-4H3. The molecule has 0 unspecified atom stereocenters. The Bertz CT molecular complexity index is 3100. The van der Waals surface area contributed by atoms with E-state index in [4.69, 9.17) is 0 Å². The third-order valence-electron chi connectivity index (χ3n) is 12.0. The van der Waals surface area contributed by atoms with E-state index in [0.29, 0.717) is 0 Å². The molecule has 2 heterocycles. The highest BCUT2D eigenvalue weighted by atomic mass is 32.1. The number of benzene rings is 9. The lowest BCUT2D eigenvalue weighted by Gasteiger charge is -2.29. The zero-order chi connectivity index (χ0) is 39.1. The van der Waals surface area contributed by atoms with Crippen molar-refractivity contribution in [1.29, 1.82) is 0 Å². The Balaban J connectivity index is 1.20. The van der Waals surface area contributed by atoms with Crippen molar-refractivity contribution in [2.45, 2.75) is 27.7 Å². The Labute approximate surface area is 346 Å². The molecule has 0 aliphatic heterocycles. The van der Waals surface area contributed by atoms with Crippen molar-refractivity contribution in [1.82, 2.24) is 0 Å². The molecule has 11 rings (SSSR count). The first-order valence-corrected chi connectivity index (χ1v) is 21.6. The summed E-state index contributed by atoms with van der Waals surface area (Å²) in [6.45, 7) is 8.87. The van der Waals surface area contributed by atoms with Gasteiger partial charge in [-0.1, -0.05) is 133 Å².